The fraction of sp³-hybridized carbons (Fsp3) is 1.00. The van der Waals surface area contributed by atoms with E-state index in [0.717, 1.165) is 0 Å². The van der Waals surface area contributed by atoms with Crippen LogP contribution in [0.25, 0.3) is 0 Å². The fourth-order valence-corrected chi connectivity index (χ4v) is 0. The molecule has 0 spiro atoms. The summed E-state index contributed by atoms with van der Waals surface area (Å²) in [4.78, 5) is 0. The largest absolute Gasteiger partial charge is 1.00 e. The van der Waals surface area contributed by atoms with Crippen LogP contribution in [0, 0.1) is 0 Å². The van der Waals surface area contributed by atoms with E-state index in [1.54, 1.807) is 0 Å². The normalized spacial score (nSPS) is 12.4. The second kappa shape index (κ2) is 4.58. The topological polar surface area (TPSA) is 57.2 Å². The molecule has 3 nitrogen and oxygen atoms in total. The molecule has 0 bridgehead atoms. The average Bonchev–Trinajstić information content (AvgIpc) is 1.25. The van der Waals surface area contributed by atoms with Gasteiger partial charge in [0.1, 0.15) is 10.1 Å². The number of alkyl halides is 3. The van der Waals surface area contributed by atoms with E-state index in [-0.39, 0.29) is 29.6 Å². The fourth-order valence-electron chi connectivity index (χ4n) is 0. The third kappa shape index (κ3) is 5.83. The van der Waals surface area contributed by atoms with Crippen LogP contribution in [-0.4, -0.2) is 13.5 Å². The van der Waals surface area contributed by atoms with Crippen molar-refractivity contribution < 1.29 is 42.5 Å². The molecule has 0 aromatic heterocycles. The summed E-state index contributed by atoms with van der Waals surface area (Å²) in [5, 5.41) is 0. The van der Waals surface area contributed by atoms with E-state index in [4.69, 9.17) is 0 Å². The molecule has 0 saturated carbocycles. The minimum Gasteiger partial charge on any atom is -0.746 e. The van der Waals surface area contributed by atoms with Crippen molar-refractivity contribution in [1.82, 2.24) is 0 Å². The van der Waals surface area contributed by atoms with Crippen molar-refractivity contribution >= 4 is 64.6 Å². The van der Waals surface area contributed by atoms with Crippen LogP contribution < -0.4 is 29.6 Å². The molecule has 50 valence electrons. The van der Waals surface area contributed by atoms with Crippen LogP contribution in [0.3, 0.4) is 0 Å². The Balaban J connectivity index is 0. The van der Waals surface area contributed by atoms with Gasteiger partial charge in [-0.15, -0.1) is 0 Å². The van der Waals surface area contributed by atoms with Crippen LogP contribution in [0.2, 0.25) is 0 Å². The van der Waals surface area contributed by atoms with Crippen LogP contribution in [0.15, 0.2) is 0 Å². The van der Waals surface area contributed by atoms with Crippen molar-refractivity contribution in [3.05, 3.63) is 0 Å². The zero-order valence-corrected chi connectivity index (χ0v) is 12.4. The van der Waals surface area contributed by atoms with Crippen molar-refractivity contribution in [2.75, 3.05) is 0 Å². The molecule has 0 aliphatic rings. The Morgan fingerprint density at radius 3 is 1.56 bits per heavy atom. The Labute approximate surface area is 106 Å². The Hall–Kier alpha value is 2.60. The Morgan fingerprint density at radius 2 is 1.56 bits per heavy atom. The van der Waals surface area contributed by atoms with Gasteiger partial charge in [-0.25, -0.2) is 8.42 Å². The van der Waals surface area contributed by atoms with Gasteiger partial charge in [0.25, 0.3) is 0 Å². The third-order valence-corrected chi connectivity index (χ3v) is 4.85. The van der Waals surface area contributed by atoms with Crippen molar-refractivity contribution in [3.63, 3.8) is 0 Å². The molecular formula is CBr2INaO3S. The van der Waals surface area contributed by atoms with Crippen LogP contribution >= 0.6 is 54.5 Å². The molecule has 0 heterocycles. The summed E-state index contributed by atoms with van der Waals surface area (Å²) in [5.41, 5.74) is 0. The van der Waals surface area contributed by atoms with Gasteiger partial charge in [-0.3, -0.25) is 0 Å². The molecule has 0 unspecified atom stereocenters. The summed E-state index contributed by atoms with van der Waals surface area (Å²) >= 11 is 6.62. The summed E-state index contributed by atoms with van der Waals surface area (Å²) < 4.78 is 28.4. The van der Waals surface area contributed by atoms with Crippen molar-refractivity contribution in [2.24, 2.45) is 0 Å². The number of halogens is 3. The first kappa shape index (κ1) is 14.1. The van der Waals surface area contributed by atoms with Crippen LogP contribution in [-0.2, 0) is 10.1 Å². The molecule has 0 N–H and O–H groups in total. The monoisotopic (exact) mass is 400 g/mol. The first-order chi connectivity index (χ1) is 3.25. The van der Waals surface area contributed by atoms with Crippen molar-refractivity contribution in [2.45, 2.75) is 0.572 Å². The van der Waals surface area contributed by atoms with Crippen molar-refractivity contribution in [3.8, 4) is 0 Å². The number of hydrogen-bond acceptors (Lipinski definition) is 3. The molecule has 9 heavy (non-hydrogen) atoms. The quantitative estimate of drug-likeness (QED) is 0.229. The van der Waals surface area contributed by atoms with E-state index in [1.165, 1.54) is 22.6 Å². The number of rotatable bonds is 1. The predicted octanol–water partition coefficient (Wildman–Crippen LogP) is -1.63. The summed E-state index contributed by atoms with van der Waals surface area (Å²) in [6.45, 7) is 0. The maximum Gasteiger partial charge on any atom is 1.00 e. The van der Waals surface area contributed by atoms with Gasteiger partial charge in [-0.05, 0) is 54.5 Å². The third-order valence-electron chi connectivity index (χ3n) is 0.283. The van der Waals surface area contributed by atoms with E-state index in [0.29, 0.717) is 0 Å². The van der Waals surface area contributed by atoms with Gasteiger partial charge in [0.15, 0.2) is 0 Å². The standard InChI is InChI=1S/CHBr2IO3S.Na/c2-1(3,4)8(5,6)7;/h(H,5,6,7);/q;+1/p-1. The van der Waals surface area contributed by atoms with E-state index < -0.39 is 10.7 Å². The smallest absolute Gasteiger partial charge is 0.746 e. The summed E-state index contributed by atoms with van der Waals surface area (Å²) in [6.07, 6.45) is 0. The molecular weight excluding hydrogens is 402 g/mol. The molecule has 0 aliphatic heterocycles. The van der Waals surface area contributed by atoms with Gasteiger partial charge < -0.3 is 4.55 Å². The molecule has 0 aromatic rings. The SMILES string of the molecule is O=S(=O)([O-])C(Br)(Br)I.[Na+]. The van der Waals surface area contributed by atoms with E-state index >= 15 is 0 Å². The minimum absolute atomic E-state index is 0. The van der Waals surface area contributed by atoms with Gasteiger partial charge in [0, 0.05) is 0 Å². The van der Waals surface area contributed by atoms with Crippen LogP contribution in [0.5, 0.6) is 0 Å². The zero-order valence-electron chi connectivity index (χ0n) is 4.27. The van der Waals surface area contributed by atoms with E-state index in [1.807, 2.05) is 0 Å². The Bertz CT molecular complexity index is 171. The molecule has 8 heteroatoms. The second-order valence-corrected chi connectivity index (χ2v) is 12.2. The summed E-state index contributed by atoms with van der Waals surface area (Å²) in [7, 11) is -4.27. The molecule has 0 rings (SSSR count). The van der Waals surface area contributed by atoms with Crippen molar-refractivity contribution in [1.29, 1.82) is 0 Å². The van der Waals surface area contributed by atoms with E-state index in [9.17, 15) is 13.0 Å². The summed E-state index contributed by atoms with van der Waals surface area (Å²) in [6, 6.07) is 0. The van der Waals surface area contributed by atoms with E-state index in [2.05, 4.69) is 31.9 Å². The minimum atomic E-state index is -4.27. The summed E-state index contributed by atoms with van der Waals surface area (Å²) in [5.74, 6) is 0. The van der Waals surface area contributed by atoms with Gasteiger partial charge in [-0.1, -0.05) is 0 Å². The number of hydrogen-bond donors (Lipinski definition) is 0. The second-order valence-electron chi connectivity index (χ2n) is 0.900. The first-order valence-electron chi connectivity index (χ1n) is 1.27. The Kier molecular flexibility index (Phi) is 7.20. The average molecular weight is 402 g/mol. The maximum absolute atomic E-state index is 10.00. The molecule has 0 saturated heterocycles. The maximum atomic E-state index is 10.00. The molecule has 0 aliphatic carbocycles. The first-order valence-corrected chi connectivity index (χ1v) is 5.34. The molecule has 0 aromatic carbocycles. The Morgan fingerprint density at radius 1 is 1.44 bits per heavy atom. The van der Waals surface area contributed by atoms with Crippen LogP contribution in [0.4, 0.5) is 0 Å². The van der Waals surface area contributed by atoms with Gasteiger partial charge in [0.05, 0.1) is 0 Å². The molecule has 0 fully saturated rings. The van der Waals surface area contributed by atoms with Gasteiger partial charge >= 0.3 is 29.6 Å². The van der Waals surface area contributed by atoms with Gasteiger partial charge in [-0.2, -0.15) is 0 Å². The predicted molar refractivity (Wildman–Crippen MR) is 44.3 cm³/mol. The molecule has 0 radical (unpaired) electrons. The van der Waals surface area contributed by atoms with Gasteiger partial charge in [0.2, 0.25) is 0.572 Å². The molecule has 0 amide bonds. The zero-order chi connectivity index (χ0) is 7.00. The molecule has 0 atom stereocenters. The van der Waals surface area contributed by atoms with Crippen LogP contribution in [0.1, 0.15) is 0 Å².